The third kappa shape index (κ3) is 35.6. The van der Waals surface area contributed by atoms with Gasteiger partial charge in [-0.2, -0.15) is 0 Å². The van der Waals surface area contributed by atoms with Crippen LogP contribution in [0.1, 0.15) is 227 Å². The van der Waals surface area contributed by atoms with Crippen LogP contribution in [0, 0.1) is 11.3 Å². The highest BCUT2D eigenvalue weighted by atomic mass is 16.5. The number of hydrogen-bond donors (Lipinski definition) is 1. The van der Waals surface area contributed by atoms with Crippen molar-refractivity contribution in [2.75, 3.05) is 39.5 Å². The molecule has 0 fully saturated rings. The van der Waals surface area contributed by atoms with Crippen molar-refractivity contribution in [3.05, 3.63) is 0 Å². The molecule has 0 amide bonds. The van der Waals surface area contributed by atoms with Crippen LogP contribution >= 0.6 is 0 Å². The van der Waals surface area contributed by atoms with Gasteiger partial charge in [-0.3, -0.25) is 9.59 Å². The van der Waals surface area contributed by atoms with E-state index < -0.39 is 0 Å². The summed E-state index contributed by atoms with van der Waals surface area (Å²) in [6.45, 7) is 15.3. The molecule has 0 unspecified atom stereocenters. The Morgan fingerprint density at radius 1 is 0.529 bits per heavy atom. The molecular formula is C45H89NO5. The van der Waals surface area contributed by atoms with Gasteiger partial charge in [0.05, 0.1) is 19.8 Å². The maximum Gasteiger partial charge on any atom is 0.305 e. The Kier molecular flexibility index (Phi) is 36.4. The summed E-state index contributed by atoms with van der Waals surface area (Å²) in [7, 11) is 0. The molecule has 6 nitrogen and oxygen atoms in total. The average Bonchev–Trinajstić information content (AvgIpc) is 3.11. The van der Waals surface area contributed by atoms with Gasteiger partial charge in [0.25, 0.3) is 0 Å². The molecule has 0 heterocycles. The SMILES string of the molecule is CCCCCCCCCCOC(=O)CCCCCCCN(CCO)CCCCCC(C)(C)COC(=O)CCC(CCCCCC)CCCCCC. The minimum atomic E-state index is -0.0308. The molecule has 0 aliphatic rings. The Bertz CT molecular complexity index is 745. The van der Waals surface area contributed by atoms with E-state index in [2.05, 4.69) is 39.5 Å². The Hall–Kier alpha value is -1.14. The van der Waals surface area contributed by atoms with Crippen molar-refractivity contribution in [1.82, 2.24) is 4.90 Å². The third-order valence-electron chi connectivity index (χ3n) is 10.7. The lowest BCUT2D eigenvalue weighted by Gasteiger charge is -2.25. The summed E-state index contributed by atoms with van der Waals surface area (Å²) >= 11 is 0. The van der Waals surface area contributed by atoms with Crippen molar-refractivity contribution in [1.29, 1.82) is 0 Å². The van der Waals surface area contributed by atoms with Crippen LogP contribution in [-0.2, 0) is 19.1 Å². The smallest absolute Gasteiger partial charge is 0.305 e. The first-order valence-electron chi connectivity index (χ1n) is 22.4. The fourth-order valence-electron chi connectivity index (χ4n) is 7.12. The predicted octanol–water partition coefficient (Wildman–Crippen LogP) is 12.8. The van der Waals surface area contributed by atoms with Gasteiger partial charge in [-0.1, -0.05) is 176 Å². The van der Waals surface area contributed by atoms with E-state index in [1.807, 2.05) is 0 Å². The average molecular weight is 724 g/mol. The first-order chi connectivity index (χ1) is 24.8. The normalized spacial score (nSPS) is 11.9. The summed E-state index contributed by atoms with van der Waals surface area (Å²) in [4.78, 5) is 27.1. The molecule has 0 atom stereocenters. The summed E-state index contributed by atoms with van der Waals surface area (Å²) < 4.78 is 11.2. The van der Waals surface area contributed by atoms with Gasteiger partial charge in [0.15, 0.2) is 0 Å². The van der Waals surface area contributed by atoms with Crippen LogP contribution in [0.15, 0.2) is 0 Å². The minimum absolute atomic E-state index is 0.00410. The van der Waals surface area contributed by atoms with E-state index in [-0.39, 0.29) is 24.0 Å². The molecule has 0 spiro atoms. The van der Waals surface area contributed by atoms with E-state index >= 15 is 0 Å². The molecule has 0 aromatic carbocycles. The van der Waals surface area contributed by atoms with E-state index in [0.29, 0.717) is 32.0 Å². The fraction of sp³-hybridized carbons (Fsp3) is 0.956. The van der Waals surface area contributed by atoms with Gasteiger partial charge in [0.1, 0.15) is 0 Å². The number of carbonyl (C=O) groups is 2. The van der Waals surface area contributed by atoms with Crippen molar-refractivity contribution < 1.29 is 24.2 Å². The Morgan fingerprint density at radius 3 is 1.57 bits per heavy atom. The predicted molar refractivity (Wildman–Crippen MR) is 218 cm³/mol. The van der Waals surface area contributed by atoms with Crippen LogP contribution in [0.4, 0.5) is 0 Å². The number of esters is 2. The van der Waals surface area contributed by atoms with Crippen LogP contribution in [0.25, 0.3) is 0 Å². The molecule has 0 saturated heterocycles. The highest BCUT2D eigenvalue weighted by molar-refractivity contribution is 5.69. The van der Waals surface area contributed by atoms with E-state index in [1.165, 1.54) is 116 Å². The molecule has 0 aromatic rings. The summed E-state index contributed by atoms with van der Waals surface area (Å²) in [6.07, 6.45) is 35.1. The highest BCUT2D eigenvalue weighted by Crippen LogP contribution is 2.26. The third-order valence-corrected chi connectivity index (χ3v) is 10.7. The largest absolute Gasteiger partial charge is 0.466 e. The van der Waals surface area contributed by atoms with E-state index in [1.54, 1.807) is 0 Å². The second kappa shape index (κ2) is 37.2. The summed E-state index contributed by atoms with van der Waals surface area (Å²) in [5, 5.41) is 9.58. The minimum Gasteiger partial charge on any atom is -0.466 e. The first-order valence-corrected chi connectivity index (χ1v) is 22.4. The maximum absolute atomic E-state index is 12.7. The van der Waals surface area contributed by atoms with Crippen LogP contribution in [-0.4, -0.2) is 61.4 Å². The molecular weight excluding hydrogens is 634 g/mol. The van der Waals surface area contributed by atoms with Crippen molar-refractivity contribution >= 4 is 11.9 Å². The molecule has 0 saturated carbocycles. The number of carbonyl (C=O) groups excluding carboxylic acids is 2. The summed E-state index contributed by atoms with van der Waals surface area (Å²) in [5.41, 5.74) is 0.00410. The van der Waals surface area contributed by atoms with Crippen molar-refractivity contribution in [2.24, 2.45) is 11.3 Å². The van der Waals surface area contributed by atoms with Crippen molar-refractivity contribution in [3.63, 3.8) is 0 Å². The van der Waals surface area contributed by atoms with Gasteiger partial charge < -0.3 is 19.5 Å². The molecule has 6 heteroatoms. The standard InChI is InChI=1S/C45H89NO5/c1-6-9-12-15-16-17-21-29-40-50-43(48)32-25-19-18-20-27-36-46(38-39-47)37-28-22-26-35-45(4,5)41-51-44(49)34-33-42(30-23-13-10-7-2)31-24-14-11-8-3/h42,47H,6-41H2,1-5H3. The molecule has 0 radical (unpaired) electrons. The number of aliphatic hydroxyl groups excluding tert-OH is 1. The number of hydrogen-bond acceptors (Lipinski definition) is 6. The molecule has 0 aliphatic heterocycles. The second-order valence-corrected chi connectivity index (χ2v) is 16.5. The lowest BCUT2D eigenvalue weighted by Crippen LogP contribution is -2.29. The lowest BCUT2D eigenvalue weighted by atomic mass is 9.88. The number of rotatable bonds is 40. The molecule has 0 aliphatic carbocycles. The zero-order valence-corrected chi connectivity index (χ0v) is 35.1. The van der Waals surface area contributed by atoms with Gasteiger partial charge >= 0.3 is 11.9 Å². The molecule has 1 N–H and O–H groups in total. The lowest BCUT2D eigenvalue weighted by molar-refractivity contribution is -0.147. The van der Waals surface area contributed by atoms with Gasteiger partial charge in [0, 0.05) is 19.4 Å². The molecule has 304 valence electrons. The van der Waals surface area contributed by atoms with Crippen molar-refractivity contribution in [2.45, 2.75) is 227 Å². The van der Waals surface area contributed by atoms with E-state index in [9.17, 15) is 14.7 Å². The quantitative estimate of drug-likeness (QED) is 0.0501. The van der Waals surface area contributed by atoms with Crippen LogP contribution in [0.3, 0.4) is 0 Å². The van der Waals surface area contributed by atoms with Crippen molar-refractivity contribution in [3.8, 4) is 0 Å². The summed E-state index contributed by atoms with van der Waals surface area (Å²) in [5.74, 6) is 0.625. The molecule has 0 bridgehead atoms. The van der Waals surface area contributed by atoms with Crippen LogP contribution < -0.4 is 0 Å². The number of nitrogens with zero attached hydrogens (tertiary/aromatic N) is 1. The second-order valence-electron chi connectivity index (χ2n) is 16.5. The van der Waals surface area contributed by atoms with Crippen LogP contribution in [0.5, 0.6) is 0 Å². The van der Waals surface area contributed by atoms with Gasteiger partial charge in [-0.25, -0.2) is 0 Å². The Labute approximate surface area is 318 Å². The fourth-order valence-corrected chi connectivity index (χ4v) is 7.12. The van der Waals surface area contributed by atoms with Crippen LogP contribution in [0.2, 0.25) is 0 Å². The highest BCUT2D eigenvalue weighted by Gasteiger charge is 2.21. The van der Waals surface area contributed by atoms with Gasteiger partial charge in [0.2, 0.25) is 0 Å². The number of unbranched alkanes of at least 4 members (excludes halogenated alkanes) is 19. The maximum atomic E-state index is 12.7. The monoisotopic (exact) mass is 724 g/mol. The first kappa shape index (κ1) is 49.9. The molecule has 0 rings (SSSR count). The number of aliphatic hydroxyl groups is 1. The number of ether oxygens (including phenoxy) is 2. The van der Waals surface area contributed by atoms with E-state index in [4.69, 9.17) is 9.47 Å². The van der Waals surface area contributed by atoms with Gasteiger partial charge in [-0.15, -0.1) is 0 Å². The topological polar surface area (TPSA) is 76.1 Å². The summed E-state index contributed by atoms with van der Waals surface area (Å²) in [6, 6.07) is 0. The zero-order valence-electron chi connectivity index (χ0n) is 35.1. The molecule has 0 aromatic heterocycles. The van der Waals surface area contributed by atoms with Gasteiger partial charge in [-0.05, 0) is 62.9 Å². The zero-order chi connectivity index (χ0) is 37.7. The molecule has 51 heavy (non-hydrogen) atoms. The Morgan fingerprint density at radius 2 is 1.00 bits per heavy atom. The Balaban J connectivity index is 4.00. The van der Waals surface area contributed by atoms with E-state index in [0.717, 1.165) is 83.8 Å².